The van der Waals surface area contributed by atoms with Gasteiger partial charge in [-0.1, -0.05) is 116 Å². The van der Waals surface area contributed by atoms with E-state index >= 15 is 8.78 Å². The lowest BCUT2D eigenvalue weighted by atomic mass is 9.59. The molecule has 4 aromatic heterocycles. The number of nitro benzene ring substituents is 2. The lowest BCUT2D eigenvalue weighted by Gasteiger charge is -2.47. The Labute approximate surface area is 739 Å². The second-order valence-corrected chi connectivity index (χ2v) is 39.1. The zero-order valence-corrected chi connectivity index (χ0v) is 73.0. The number of aromatic amines is 2. The van der Waals surface area contributed by atoms with Gasteiger partial charge in [0, 0.05) is 140 Å². The molecular weight excluding hydrogens is 1690 g/mol. The van der Waals surface area contributed by atoms with E-state index in [1.165, 1.54) is 140 Å². The van der Waals surface area contributed by atoms with Gasteiger partial charge in [0.05, 0.1) is 69.2 Å². The quantitative estimate of drug-likeness (QED) is 0.0289. The van der Waals surface area contributed by atoms with Crippen LogP contribution in [-0.4, -0.2) is 160 Å². The standard InChI is InChI=1S/C48H52ClFN6O6S.C46H48ClFN6O8S/c49-37-12-9-33(10-13-37)41-29-48(17-4-18-48)19-15-36(41)31-54-21-23-55(24-22-54)38-26-42(50)45(44(27-38)62-39-25-35-16-20-51-46(35)52-30-39)47(57)53-63(60,61)40-14-11-34(43(28-40)56(58)59)8-7-32-5-2-1-3-6-32;47-34-6-2-30(3-7-34)39-26-46(12-1-13-46)14-10-33(39)28-52-16-18-53(19-17-52)42-25-43(62-36-22-32-11-15-49-44(32)50-27-36)38(24-40(42)48)45(55)51-63(58,59)37-9-5-31(41(23-37)54(56)57)4-8-35-29-60-20-21-61-35/h9-14,16,20,25-28,30,32H,1-8,15,17-19,21-24,29,31H2,(H,51,52)(H,53,57);2-3,5-7,9,11,15,22-25,27,35H,1,4,8,10,12-14,16-21,26,28-29H2,(H,49,50)(H,51,55)/t;35-/m.0/s1. The molecule has 1 atom stereocenters. The van der Waals surface area contributed by atoms with Gasteiger partial charge in [-0.05, 0) is 202 Å². The molecule has 5 aliphatic carbocycles. The summed E-state index contributed by atoms with van der Waals surface area (Å²) < 4.78 is 115. The third kappa shape index (κ3) is 20.0. The van der Waals surface area contributed by atoms with Crippen molar-refractivity contribution in [3.05, 3.63) is 245 Å². The molecule has 126 heavy (non-hydrogen) atoms. The molecule has 32 heteroatoms. The van der Waals surface area contributed by atoms with E-state index in [0.29, 0.717) is 127 Å². The first-order chi connectivity index (χ1) is 60.8. The summed E-state index contributed by atoms with van der Waals surface area (Å²) in [6.45, 7) is 7.86. The van der Waals surface area contributed by atoms with Crippen molar-refractivity contribution in [3.8, 4) is 23.0 Å². The molecular formula is C94H100Cl2F2N12O14S2. The van der Waals surface area contributed by atoms with Crippen LogP contribution < -0.4 is 28.7 Å². The SMILES string of the molecule is O=C(NS(=O)(=O)c1ccc(CCC2CCCCC2)c([N+](=O)[O-])c1)c1c(F)cc(N2CCN(CC3=C(c4ccc(Cl)cc4)CC4(CCC4)CC3)CC2)cc1Oc1cnc2[nH]ccc2c1.O=C(NS(=O)(=O)c1ccc(CC[C@H]2COCCO2)c([N+](=O)[O-])c1)c1cc(F)c(N2CCN(CC3=C(c4ccc(Cl)cc4)CC4(CCC4)CC3)CC2)cc1Oc1cnc2[nH]ccc2c1. The van der Waals surface area contributed by atoms with Crippen LogP contribution >= 0.6 is 23.2 Å². The summed E-state index contributed by atoms with van der Waals surface area (Å²) in [6.07, 6.45) is 28.0. The molecule has 3 saturated carbocycles. The third-order valence-corrected chi connectivity index (χ3v) is 30.0. The summed E-state index contributed by atoms with van der Waals surface area (Å²) in [5, 5.41) is 27.1. The third-order valence-electron chi connectivity index (χ3n) is 26.9. The molecule has 0 radical (unpaired) electrons. The number of amides is 2. The maximum atomic E-state index is 16.5. The molecule has 2 amide bonds. The van der Waals surface area contributed by atoms with Gasteiger partial charge in [-0.2, -0.15) is 0 Å². The highest BCUT2D eigenvalue weighted by molar-refractivity contribution is 7.90. The smallest absolute Gasteiger partial charge is 0.273 e. The number of H-pyrrole nitrogens is 2. The zero-order valence-electron chi connectivity index (χ0n) is 69.8. The van der Waals surface area contributed by atoms with Crippen LogP contribution in [-0.2, 0) is 42.4 Å². The van der Waals surface area contributed by atoms with Crippen LogP contribution in [0.5, 0.6) is 23.0 Å². The number of hydrogen-bond acceptors (Lipinski definition) is 20. The number of anilines is 2. The number of aryl methyl sites for hydroxylation is 2. The van der Waals surface area contributed by atoms with E-state index in [2.05, 4.69) is 54.0 Å². The van der Waals surface area contributed by atoms with Crippen molar-refractivity contribution in [2.24, 2.45) is 16.7 Å². The monoisotopic (exact) mass is 1790 g/mol. The summed E-state index contributed by atoms with van der Waals surface area (Å²) in [4.78, 5) is 73.3. The second-order valence-electron chi connectivity index (χ2n) is 34.9. The summed E-state index contributed by atoms with van der Waals surface area (Å²) in [5.74, 6) is -3.57. The molecule has 3 saturated heterocycles. The molecule has 8 aliphatic rings. The molecule has 660 valence electrons. The van der Waals surface area contributed by atoms with Gasteiger partial charge in [-0.3, -0.25) is 39.6 Å². The van der Waals surface area contributed by atoms with Gasteiger partial charge in [0.15, 0.2) is 0 Å². The Bertz CT molecular complexity index is 6080. The normalized spacial score (nSPS) is 18.8. The fraction of sp³-hybridized carbons (Fsp3) is 0.404. The number of allylic oxidation sites excluding steroid dienone is 2. The largest absolute Gasteiger partial charge is 0.455 e. The summed E-state index contributed by atoms with van der Waals surface area (Å²) >= 11 is 12.5. The number of nitrogens with zero attached hydrogens (tertiary/aromatic N) is 8. The van der Waals surface area contributed by atoms with Crippen LogP contribution in [0.25, 0.3) is 33.2 Å². The van der Waals surface area contributed by atoms with Crippen LogP contribution in [0.4, 0.5) is 31.5 Å². The Morgan fingerprint density at radius 1 is 0.556 bits per heavy atom. The van der Waals surface area contributed by atoms with Crippen LogP contribution in [0, 0.1) is 48.6 Å². The number of benzene rings is 6. The number of nitro groups is 2. The van der Waals surface area contributed by atoms with Crippen LogP contribution in [0.3, 0.4) is 0 Å². The Balaban J connectivity index is 0.000000178. The van der Waals surface area contributed by atoms with Gasteiger partial charge in [0.25, 0.3) is 43.2 Å². The Kier molecular flexibility index (Phi) is 26.1. The van der Waals surface area contributed by atoms with Crippen molar-refractivity contribution in [1.82, 2.24) is 39.2 Å². The number of sulfonamides is 2. The maximum Gasteiger partial charge on any atom is 0.273 e. The highest BCUT2D eigenvalue weighted by Crippen LogP contribution is 2.57. The van der Waals surface area contributed by atoms with Crippen LogP contribution in [0.15, 0.2) is 179 Å². The lowest BCUT2D eigenvalue weighted by Crippen LogP contribution is -2.47. The number of fused-ring (bicyclic) bond motifs is 2. The molecule has 4 N–H and O–H groups in total. The number of carbonyl (C=O) groups excluding carboxylic acids is 2. The average molecular weight is 1790 g/mol. The number of carbonyl (C=O) groups is 2. The van der Waals surface area contributed by atoms with Crippen LogP contribution in [0.2, 0.25) is 10.0 Å². The first-order valence-corrected chi connectivity index (χ1v) is 47.2. The van der Waals surface area contributed by atoms with Crippen molar-refractivity contribution in [3.63, 3.8) is 0 Å². The highest BCUT2D eigenvalue weighted by atomic mass is 35.5. The lowest BCUT2D eigenvalue weighted by molar-refractivity contribution is -0.385. The Morgan fingerprint density at radius 3 is 1.56 bits per heavy atom. The van der Waals surface area contributed by atoms with Crippen LogP contribution in [0.1, 0.15) is 165 Å². The fourth-order valence-corrected chi connectivity index (χ4v) is 21.7. The van der Waals surface area contributed by atoms with Gasteiger partial charge in [-0.15, -0.1) is 0 Å². The molecule has 10 aromatic rings. The van der Waals surface area contributed by atoms with Gasteiger partial charge < -0.3 is 38.7 Å². The molecule has 0 bridgehead atoms. The van der Waals surface area contributed by atoms with Crippen molar-refractivity contribution in [2.75, 3.05) is 95.1 Å². The number of ether oxygens (including phenoxy) is 4. The molecule has 18 rings (SSSR count). The number of halogens is 4. The molecule has 6 aromatic carbocycles. The highest BCUT2D eigenvalue weighted by Gasteiger charge is 2.43. The van der Waals surface area contributed by atoms with Gasteiger partial charge in [0.2, 0.25) is 0 Å². The zero-order chi connectivity index (χ0) is 87.4. The summed E-state index contributed by atoms with van der Waals surface area (Å²) in [7, 11) is -9.38. The molecule has 0 unspecified atom stereocenters. The topological polar surface area (TPSA) is 320 Å². The minimum Gasteiger partial charge on any atom is -0.455 e. The number of rotatable bonds is 26. The predicted octanol–water partition coefficient (Wildman–Crippen LogP) is 19.1. The van der Waals surface area contributed by atoms with Crippen molar-refractivity contribution in [2.45, 2.75) is 151 Å². The Hall–Kier alpha value is -10.7. The van der Waals surface area contributed by atoms with E-state index in [1.54, 1.807) is 42.7 Å². The molecule has 2 spiro atoms. The van der Waals surface area contributed by atoms with Gasteiger partial charge >= 0.3 is 0 Å². The average Bonchev–Trinajstić information content (AvgIpc) is 0.851. The van der Waals surface area contributed by atoms with Crippen molar-refractivity contribution in [1.29, 1.82) is 0 Å². The number of pyridine rings is 2. The Morgan fingerprint density at radius 2 is 1.06 bits per heavy atom. The number of piperazine rings is 2. The van der Waals surface area contributed by atoms with E-state index in [4.69, 9.17) is 42.1 Å². The molecule has 7 heterocycles. The van der Waals surface area contributed by atoms with E-state index in [0.717, 1.165) is 113 Å². The molecule has 3 aliphatic heterocycles. The summed E-state index contributed by atoms with van der Waals surface area (Å²) in [5.41, 5.74) is 9.86. The first kappa shape index (κ1) is 87.4. The van der Waals surface area contributed by atoms with Crippen molar-refractivity contribution >= 4 is 111 Å². The second kappa shape index (κ2) is 37.7. The first-order valence-electron chi connectivity index (χ1n) is 43.5. The minimum atomic E-state index is -4.69. The number of aromatic nitrogens is 4. The molecule has 26 nitrogen and oxygen atoms in total. The van der Waals surface area contributed by atoms with Crippen molar-refractivity contribution < 1.29 is 64.0 Å². The fourth-order valence-electron chi connectivity index (χ4n) is 19.4. The predicted molar refractivity (Wildman–Crippen MR) is 479 cm³/mol. The van der Waals surface area contributed by atoms with Gasteiger partial charge in [-0.25, -0.2) is 45.0 Å². The summed E-state index contributed by atoms with van der Waals surface area (Å²) in [6, 6.07) is 35.6. The maximum absolute atomic E-state index is 16.5. The molecule has 6 fully saturated rings. The van der Waals surface area contributed by atoms with E-state index in [9.17, 15) is 46.7 Å². The number of nitrogens with one attached hydrogen (secondary N) is 4. The van der Waals surface area contributed by atoms with E-state index < -0.39 is 79.9 Å². The number of hydrogen-bond donors (Lipinski definition) is 4. The minimum absolute atomic E-state index is 0.0988. The van der Waals surface area contributed by atoms with Gasteiger partial charge in [0.1, 0.15) is 51.5 Å². The van der Waals surface area contributed by atoms with E-state index in [-0.39, 0.29) is 46.9 Å². The van der Waals surface area contributed by atoms with E-state index in [1.807, 2.05) is 43.5 Å².